The lowest BCUT2D eigenvalue weighted by atomic mass is 10.00. The Bertz CT molecular complexity index is 1190. The first kappa shape index (κ1) is 25.9. The molecule has 0 amide bonds. The van der Waals surface area contributed by atoms with Crippen molar-refractivity contribution >= 4 is 17.4 Å². The van der Waals surface area contributed by atoms with E-state index in [1.54, 1.807) is 11.0 Å². The molecule has 6 nitrogen and oxygen atoms in total. The Balaban J connectivity index is 0.988. The van der Waals surface area contributed by atoms with Crippen molar-refractivity contribution in [3.05, 3.63) is 89.7 Å². The van der Waals surface area contributed by atoms with E-state index in [2.05, 4.69) is 93.7 Å². The van der Waals surface area contributed by atoms with Gasteiger partial charge in [-0.05, 0) is 67.7 Å². The number of piperidine rings is 1. The van der Waals surface area contributed by atoms with Crippen LogP contribution in [0.15, 0.2) is 78.1 Å². The lowest BCUT2D eigenvalue weighted by Crippen LogP contribution is -2.38. The van der Waals surface area contributed by atoms with Gasteiger partial charge in [-0.1, -0.05) is 73.5 Å². The van der Waals surface area contributed by atoms with E-state index in [1.807, 2.05) is 11.8 Å². The molecule has 194 valence electrons. The van der Waals surface area contributed by atoms with Crippen LogP contribution in [0.3, 0.4) is 0 Å². The highest BCUT2D eigenvalue weighted by Gasteiger charge is 2.24. The number of aryl methyl sites for hydroxylation is 1. The zero-order valence-electron chi connectivity index (χ0n) is 21.7. The molecular formula is C30H37N5OS. The molecule has 1 saturated heterocycles. The molecule has 0 N–H and O–H groups in total. The SMILES string of the molecule is Cc1cc2ncnn2nc1SCCCCCCN1CCC(OC(c2ccccc2)c2ccccc2)CC1. The third kappa shape index (κ3) is 7.18. The molecule has 2 aromatic carbocycles. The van der Waals surface area contributed by atoms with E-state index in [9.17, 15) is 0 Å². The summed E-state index contributed by atoms with van der Waals surface area (Å²) in [6.45, 7) is 5.56. The van der Waals surface area contributed by atoms with Crippen molar-refractivity contribution in [1.82, 2.24) is 24.7 Å². The van der Waals surface area contributed by atoms with Gasteiger partial charge in [-0.15, -0.1) is 26.6 Å². The maximum Gasteiger partial charge on any atom is 0.176 e. The van der Waals surface area contributed by atoms with Gasteiger partial charge in [-0.3, -0.25) is 0 Å². The Labute approximate surface area is 224 Å². The van der Waals surface area contributed by atoms with E-state index >= 15 is 0 Å². The molecule has 3 heterocycles. The van der Waals surface area contributed by atoms with Gasteiger partial charge in [-0.2, -0.15) is 0 Å². The first-order chi connectivity index (χ1) is 18.3. The maximum atomic E-state index is 6.70. The fraction of sp³-hybridized carbons (Fsp3) is 0.433. The molecule has 1 aliphatic rings. The molecule has 0 bridgehead atoms. The number of hydrogen-bond acceptors (Lipinski definition) is 6. The number of fused-ring (bicyclic) bond motifs is 1. The monoisotopic (exact) mass is 515 g/mol. The van der Waals surface area contributed by atoms with Gasteiger partial charge in [0.1, 0.15) is 17.5 Å². The number of aromatic nitrogens is 4. The number of thioether (sulfide) groups is 1. The summed E-state index contributed by atoms with van der Waals surface area (Å²) in [5.41, 5.74) is 4.46. The van der Waals surface area contributed by atoms with Crippen LogP contribution in [0.2, 0.25) is 0 Å². The van der Waals surface area contributed by atoms with E-state index < -0.39 is 0 Å². The number of nitrogens with zero attached hydrogens (tertiary/aromatic N) is 5. The van der Waals surface area contributed by atoms with E-state index in [-0.39, 0.29) is 6.10 Å². The highest BCUT2D eigenvalue weighted by Crippen LogP contribution is 2.30. The first-order valence-corrected chi connectivity index (χ1v) is 14.5. The minimum atomic E-state index is 0.00827. The van der Waals surface area contributed by atoms with Crippen molar-refractivity contribution in [2.24, 2.45) is 0 Å². The first-order valence-electron chi connectivity index (χ1n) is 13.5. The average Bonchev–Trinajstić information content (AvgIpc) is 3.40. The highest BCUT2D eigenvalue weighted by atomic mass is 32.2. The topological polar surface area (TPSA) is 55.5 Å². The third-order valence-corrected chi connectivity index (χ3v) is 8.27. The summed E-state index contributed by atoms with van der Waals surface area (Å²) in [6.07, 6.45) is 9.14. The maximum absolute atomic E-state index is 6.70. The summed E-state index contributed by atoms with van der Waals surface area (Å²) in [5, 5.41) is 9.79. The van der Waals surface area contributed by atoms with Crippen LogP contribution >= 0.6 is 11.8 Å². The fourth-order valence-corrected chi connectivity index (χ4v) is 5.97. The standard InChI is InChI=1S/C30H37N5OS/c1-24-22-28-31-23-32-35(28)33-30(24)37-21-11-3-2-10-18-34-19-16-27(17-20-34)36-29(25-12-6-4-7-13-25)26-14-8-5-9-15-26/h4-9,12-15,22-23,27,29H,2-3,10-11,16-21H2,1H3. The number of likely N-dealkylation sites (tertiary alicyclic amines) is 1. The Kier molecular flexibility index (Phi) is 9.22. The van der Waals surface area contributed by atoms with Gasteiger partial charge >= 0.3 is 0 Å². The molecule has 0 atom stereocenters. The highest BCUT2D eigenvalue weighted by molar-refractivity contribution is 7.99. The lowest BCUT2D eigenvalue weighted by Gasteiger charge is -2.34. The van der Waals surface area contributed by atoms with Gasteiger partial charge in [0.2, 0.25) is 0 Å². The number of hydrogen-bond donors (Lipinski definition) is 0. The van der Waals surface area contributed by atoms with Crippen LogP contribution < -0.4 is 0 Å². The van der Waals surface area contributed by atoms with Crippen LogP contribution in [0.4, 0.5) is 0 Å². The Morgan fingerprint density at radius 1 is 0.919 bits per heavy atom. The van der Waals surface area contributed by atoms with Crippen LogP contribution in [0.1, 0.15) is 61.3 Å². The summed E-state index contributed by atoms with van der Waals surface area (Å²) >= 11 is 1.83. The molecule has 1 fully saturated rings. The van der Waals surface area contributed by atoms with E-state index in [4.69, 9.17) is 4.74 Å². The second-order valence-corrected chi connectivity index (χ2v) is 11.0. The Morgan fingerprint density at radius 3 is 2.30 bits per heavy atom. The van der Waals surface area contributed by atoms with Crippen molar-refractivity contribution in [3.8, 4) is 0 Å². The zero-order chi connectivity index (χ0) is 25.3. The summed E-state index contributed by atoms with van der Waals surface area (Å²) in [6, 6.07) is 23.3. The van der Waals surface area contributed by atoms with Gasteiger partial charge < -0.3 is 9.64 Å². The molecule has 0 radical (unpaired) electrons. The van der Waals surface area contributed by atoms with Gasteiger partial charge in [0.05, 0.1) is 6.10 Å². The zero-order valence-corrected chi connectivity index (χ0v) is 22.5. The van der Waals surface area contributed by atoms with Crippen LogP contribution in [0.25, 0.3) is 5.65 Å². The van der Waals surface area contributed by atoms with Crippen LogP contribution in [0, 0.1) is 6.92 Å². The summed E-state index contributed by atoms with van der Waals surface area (Å²) in [7, 11) is 0. The van der Waals surface area contributed by atoms with Crippen molar-refractivity contribution < 1.29 is 4.74 Å². The largest absolute Gasteiger partial charge is 0.365 e. The predicted molar refractivity (Wildman–Crippen MR) is 150 cm³/mol. The number of unbranched alkanes of at least 4 members (excludes halogenated alkanes) is 3. The van der Waals surface area contributed by atoms with Crippen LogP contribution in [0.5, 0.6) is 0 Å². The van der Waals surface area contributed by atoms with Gasteiger partial charge in [-0.25, -0.2) is 4.98 Å². The van der Waals surface area contributed by atoms with Crippen molar-refractivity contribution in [3.63, 3.8) is 0 Å². The molecule has 7 heteroatoms. The molecule has 5 rings (SSSR count). The fourth-order valence-electron chi connectivity index (χ4n) is 5.01. The van der Waals surface area contributed by atoms with Crippen LogP contribution in [-0.4, -0.2) is 56.2 Å². The van der Waals surface area contributed by atoms with E-state index in [0.717, 1.165) is 42.4 Å². The summed E-state index contributed by atoms with van der Waals surface area (Å²) < 4.78 is 8.32. The molecular weight excluding hydrogens is 478 g/mol. The molecule has 2 aromatic heterocycles. The molecule has 1 aliphatic heterocycles. The van der Waals surface area contributed by atoms with E-state index in [1.165, 1.54) is 48.9 Å². The molecule has 0 saturated carbocycles. The number of ether oxygens (including phenoxy) is 1. The summed E-state index contributed by atoms with van der Waals surface area (Å²) in [4.78, 5) is 6.82. The number of rotatable bonds is 12. The molecule has 37 heavy (non-hydrogen) atoms. The molecule has 0 aliphatic carbocycles. The second-order valence-electron chi connectivity index (χ2n) is 9.88. The molecule has 0 unspecified atom stereocenters. The normalized spacial score (nSPS) is 15.1. The minimum Gasteiger partial charge on any atom is -0.365 e. The number of benzene rings is 2. The van der Waals surface area contributed by atoms with Gasteiger partial charge in [0.25, 0.3) is 0 Å². The van der Waals surface area contributed by atoms with E-state index in [0.29, 0.717) is 6.10 Å². The molecule has 4 aromatic rings. The van der Waals surface area contributed by atoms with Crippen molar-refractivity contribution in [2.75, 3.05) is 25.4 Å². The Hall–Kier alpha value is -2.74. The smallest absolute Gasteiger partial charge is 0.176 e. The van der Waals surface area contributed by atoms with Crippen molar-refractivity contribution in [2.45, 2.75) is 62.7 Å². The minimum absolute atomic E-state index is 0.00827. The van der Waals surface area contributed by atoms with Crippen molar-refractivity contribution in [1.29, 1.82) is 0 Å². The Morgan fingerprint density at radius 2 is 1.59 bits per heavy atom. The lowest BCUT2D eigenvalue weighted by molar-refractivity contribution is -0.0271. The quantitative estimate of drug-likeness (QED) is 0.162. The van der Waals surface area contributed by atoms with Gasteiger partial charge in [0, 0.05) is 13.1 Å². The predicted octanol–water partition coefficient (Wildman–Crippen LogP) is 6.36. The molecule has 0 spiro atoms. The average molecular weight is 516 g/mol. The van der Waals surface area contributed by atoms with Gasteiger partial charge in [0.15, 0.2) is 5.65 Å². The third-order valence-electron chi connectivity index (χ3n) is 7.10. The second kappa shape index (κ2) is 13.2. The summed E-state index contributed by atoms with van der Waals surface area (Å²) in [5.74, 6) is 1.10. The van der Waals surface area contributed by atoms with Crippen LogP contribution in [-0.2, 0) is 4.74 Å².